The molecule has 0 aromatic heterocycles. The Bertz CT molecular complexity index is 172. The molecule has 0 amide bonds. The van der Waals surface area contributed by atoms with Gasteiger partial charge in [0.15, 0.2) is 0 Å². The molecule has 1 heterocycles. The topological polar surface area (TPSA) is 12.4 Å². The number of aliphatic imine (C=N–C) groups is 1. The molecule has 0 atom stereocenters. The largest absolute Gasteiger partial charge is 0.238 e. The van der Waals surface area contributed by atoms with Crippen molar-refractivity contribution in [2.45, 2.75) is 6.42 Å². The van der Waals surface area contributed by atoms with Gasteiger partial charge in [-0.15, -0.1) is 18.3 Å². The van der Waals surface area contributed by atoms with Gasteiger partial charge in [-0.25, -0.2) is 4.99 Å². The van der Waals surface area contributed by atoms with E-state index in [1.165, 1.54) is 0 Å². The zero-order valence-corrected chi connectivity index (χ0v) is 6.60. The van der Waals surface area contributed by atoms with E-state index in [1.807, 2.05) is 6.08 Å². The van der Waals surface area contributed by atoms with E-state index in [-0.39, 0.29) is 0 Å². The van der Waals surface area contributed by atoms with Crippen molar-refractivity contribution in [2.24, 2.45) is 4.99 Å². The maximum Gasteiger partial charge on any atom is 0.114 e. The molecule has 1 aliphatic rings. The van der Waals surface area contributed by atoms with Gasteiger partial charge in [-0.1, -0.05) is 18.3 Å². The summed E-state index contributed by atoms with van der Waals surface area (Å²) < 4.78 is 0. The maximum atomic E-state index is 4.87. The minimum Gasteiger partial charge on any atom is -0.238 e. The van der Waals surface area contributed by atoms with Gasteiger partial charge in [-0.2, -0.15) is 0 Å². The molecule has 0 N–H and O–H groups in total. The first-order valence-electron chi connectivity index (χ1n) is 2.67. The fraction of sp³-hybridized carbons (Fsp3) is 0.333. The molecule has 0 radical (unpaired) electrons. The van der Waals surface area contributed by atoms with Gasteiger partial charge in [0.25, 0.3) is 0 Å². The quantitative estimate of drug-likeness (QED) is 0.449. The van der Waals surface area contributed by atoms with Crippen LogP contribution < -0.4 is 0 Å². The monoisotopic (exact) mass is 157 g/mol. The van der Waals surface area contributed by atoms with Crippen LogP contribution in [0.5, 0.6) is 0 Å². The van der Waals surface area contributed by atoms with Crippen molar-refractivity contribution >= 4 is 34.0 Å². The van der Waals surface area contributed by atoms with Gasteiger partial charge in [-0.05, 0) is 0 Å². The molecule has 0 aromatic rings. The average Bonchev–Trinajstić information content (AvgIpc) is 2.17. The highest BCUT2D eigenvalue weighted by Crippen LogP contribution is 2.16. The molecular formula is C6H7NS2. The van der Waals surface area contributed by atoms with Crippen molar-refractivity contribution in [1.29, 1.82) is 0 Å². The van der Waals surface area contributed by atoms with Crippen molar-refractivity contribution in [1.82, 2.24) is 0 Å². The van der Waals surface area contributed by atoms with Gasteiger partial charge in [0, 0.05) is 6.42 Å². The summed E-state index contributed by atoms with van der Waals surface area (Å²) in [7, 11) is 0. The van der Waals surface area contributed by atoms with Crippen LogP contribution in [0, 0.1) is 0 Å². The van der Waals surface area contributed by atoms with Crippen LogP contribution in [0.25, 0.3) is 0 Å². The first kappa shape index (κ1) is 6.96. The molecule has 0 unspecified atom stereocenters. The van der Waals surface area contributed by atoms with Crippen LogP contribution in [0.3, 0.4) is 0 Å². The number of thiocarbonyl (C=S) groups is 1. The van der Waals surface area contributed by atoms with Crippen molar-refractivity contribution in [3.8, 4) is 0 Å². The Hall–Kier alpha value is -0.150. The SMILES string of the molecule is C=CCC1=NC(=S)CS1. The molecular weight excluding hydrogens is 150 g/mol. The van der Waals surface area contributed by atoms with Crippen molar-refractivity contribution < 1.29 is 0 Å². The summed E-state index contributed by atoms with van der Waals surface area (Å²) in [5.41, 5.74) is 0. The van der Waals surface area contributed by atoms with Crippen molar-refractivity contribution in [3.05, 3.63) is 12.7 Å². The third-order valence-corrected chi connectivity index (χ3v) is 2.36. The zero-order chi connectivity index (χ0) is 6.69. The number of nitrogens with zero attached hydrogens (tertiary/aromatic N) is 1. The predicted molar refractivity (Wildman–Crippen MR) is 47.3 cm³/mol. The molecule has 1 nitrogen and oxygen atoms in total. The van der Waals surface area contributed by atoms with Crippen LogP contribution in [0.2, 0.25) is 0 Å². The average molecular weight is 157 g/mol. The van der Waals surface area contributed by atoms with Crippen LogP contribution in [0.15, 0.2) is 17.6 Å². The number of rotatable bonds is 2. The molecule has 9 heavy (non-hydrogen) atoms. The second kappa shape index (κ2) is 3.13. The second-order valence-corrected chi connectivity index (χ2v) is 3.20. The molecule has 0 bridgehead atoms. The van der Waals surface area contributed by atoms with Gasteiger partial charge in [0.1, 0.15) is 4.99 Å². The van der Waals surface area contributed by atoms with Crippen LogP contribution >= 0.6 is 24.0 Å². The Morgan fingerprint density at radius 1 is 1.89 bits per heavy atom. The van der Waals surface area contributed by atoms with Crippen LogP contribution in [-0.2, 0) is 0 Å². The predicted octanol–water partition coefficient (Wildman–Crippen LogP) is 2.04. The molecule has 1 aliphatic heterocycles. The first-order chi connectivity index (χ1) is 4.33. The first-order valence-corrected chi connectivity index (χ1v) is 4.06. The lowest BCUT2D eigenvalue weighted by Crippen LogP contribution is -1.82. The zero-order valence-electron chi connectivity index (χ0n) is 4.96. The highest BCUT2D eigenvalue weighted by molar-refractivity contribution is 8.15. The smallest absolute Gasteiger partial charge is 0.114 e. The van der Waals surface area contributed by atoms with Gasteiger partial charge in [0.05, 0.1) is 10.8 Å². The van der Waals surface area contributed by atoms with Crippen molar-refractivity contribution in [2.75, 3.05) is 5.75 Å². The molecule has 0 spiro atoms. The molecule has 0 saturated carbocycles. The van der Waals surface area contributed by atoms with Gasteiger partial charge in [-0.3, -0.25) is 0 Å². The summed E-state index contributed by atoms with van der Waals surface area (Å²) in [5, 5.41) is 1.11. The Labute approximate surface area is 64.2 Å². The van der Waals surface area contributed by atoms with E-state index in [1.54, 1.807) is 11.8 Å². The third-order valence-electron chi connectivity index (χ3n) is 0.931. The lowest BCUT2D eigenvalue weighted by Gasteiger charge is -1.86. The Morgan fingerprint density at radius 2 is 2.67 bits per heavy atom. The van der Waals surface area contributed by atoms with E-state index in [0.717, 1.165) is 22.2 Å². The van der Waals surface area contributed by atoms with Crippen LogP contribution in [-0.4, -0.2) is 15.8 Å². The van der Waals surface area contributed by atoms with E-state index in [4.69, 9.17) is 12.2 Å². The molecule has 1 rings (SSSR count). The molecule has 0 aliphatic carbocycles. The number of hydrogen-bond donors (Lipinski definition) is 0. The van der Waals surface area contributed by atoms with Gasteiger partial charge >= 0.3 is 0 Å². The summed E-state index contributed by atoms with van der Waals surface area (Å²) in [6.07, 6.45) is 2.71. The summed E-state index contributed by atoms with van der Waals surface area (Å²) in [6, 6.07) is 0. The normalized spacial score (nSPS) is 17.8. The maximum absolute atomic E-state index is 4.87. The summed E-state index contributed by atoms with van der Waals surface area (Å²) in [6.45, 7) is 3.61. The fourth-order valence-electron chi connectivity index (χ4n) is 0.577. The summed E-state index contributed by atoms with van der Waals surface area (Å²) >= 11 is 6.58. The molecule has 0 aromatic carbocycles. The van der Waals surface area contributed by atoms with Gasteiger partial charge in [0.2, 0.25) is 0 Å². The molecule has 48 valence electrons. The lowest BCUT2D eigenvalue weighted by atomic mass is 10.5. The van der Waals surface area contributed by atoms with E-state index < -0.39 is 0 Å². The molecule has 0 fully saturated rings. The van der Waals surface area contributed by atoms with Crippen LogP contribution in [0.1, 0.15) is 6.42 Å². The summed E-state index contributed by atoms with van der Waals surface area (Å²) in [4.78, 5) is 4.93. The minimum absolute atomic E-state index is 0.817. The van der Waals surface area contributed by atoms with Gasteiger partial charge < -0.3 is 0 Å². The number of thioether (sulfide) groups is 1. The molecule has 3 heteroatoms. The van der Waals surface area contributed by atoms with E-state index in [9.17, 15) is 0 Å². The minimum atomic E-state index is 0.817. The Balaban J connectivity index is 2.51. The van der Waals surface area contributed by atoms with Crippen molar-refractivity contribution in [3.63, 3.8) is 0 Å². The second-order valence-electron chi connectivity index (χ2n) is 1.68. The Kier molecular flexibility index (Phi) is 2.42. The van der Waals surface area contributed by atoms with E-state index in [0.29, 0.717) is 0 Å². The molecule has 0 saturated heterocycles. The van der Waals surface area contributed by atoms with E-state index in [2.05, 4.69) is 11.6 Å². The highest BCUT2D eigenvalue weighted by atomic mass is 32.2. The highest BCUT2D eigenvalue weighted by Gasteiger charge is 2.08. The number of allylic oxidation sites excluding steroid dienone is 1. The fourth-order valence-corrected chi connectivity index (χ4v) is 1.69. The third kappa shape index (κ3) is 1.91. The lowest BCUT2D eigenvalue weighted by molar-refractivity contribution is 1.52. The Morgan fingerprint density at radius 3 is 3.11 bits per heavy atom. The number of hydrogen-bond acceptors (Lipinski definition) is 2. The standard InChI is InChI=1S/C6H7NS2/c1-2-3-6-7-5(8)4-9-6/h2H,1,3-4H2. The van der Waals surface area contributed by atoms with E-state index >= 15 is 0 Å². The summed E-state index contributed by atoms with van der Waals surface area (Å²) in [5.74, 6) is 0.887. The van der Waals surface area contributed by atoms with Crippen LogP contribution in [0.4, 0.5) is 0 Å².